The molecule has 0 saturated carbocycles. The minimum Gasteiger partial charge on any atom is -0.462 e. The van der Waals surface area contributed by atoms with Gasteiger partial charge in [-0.2, -0.15) is 0 Å². The standard InChI is InChI=1S/C73H146NO8P/c1-6-8-10-12-14-16-18-20-22-24-26-28-30-32-34-35-36-37-38-40-42-44-46-48-50-52-54-56-58-60-62-64-66-73(76)82-71(70-81-83(77,78)80-68-67-74(3,4)5)69-79-72(75)65-63-61-59-57-55-53-51-49-47-45-43-41-39-33-31-29-27-25-23-21-19-17-15-13-11-9-7-2/h71H,6-70H2,1-5H3/p+1. The second-order valence-electron chi connectivity index (χ2n) is 27.1. The first-order chi connectivity index (χ1) is 40.5. The Morgan fingerprint density at radius 1 is 0.325 bits per heavy atom. The zero-order valence-corrected chi connectivity index (χ0v) is 57.6. The predicted octanol–water partition coefficient (Wildman–Crippen LogP) is 24.1. The molecule has 2 atom stereocenters. The zero-order valence-electron chi connectivity index (χ0n) is 56.7. The number of esters is 2. The molecule has 496 valence electrons. The molecule has 0 aliphatic rings. The topological polar surface area (TPSA) is 108 Å². The summed E-state index contributed by atoms with van der Waals surface area (Å²) in [6.07, 6.45) is 79.5. The fourth-order valence-corrected chi connectivity index (χ4v) is 12.4. The van der Waals surface area contributed by atoms with Gasteiger partial charge in [0.15, 0.2) is 6.10 Å². The summed E-state index contributed by atoms with van der Waals surface area (Å²) in [5.41, 5.74) is 0. The summed E-state index contributed by atoms with van der Waals surface area (Å²) in [5, 5.41) is 0. The second-order valence-corrected chi connectivity index (χ2v) is 28.5. The second kappa shape index (κ2) is 65.5. The van der Waals surface area contributed by atoms with Crippen molar-refractivity contribution >= 4 is 19.8 Å². The van der Waals surface area contributed by atoms with Crippen LogP contribution in [0.25, 0.3) is 0 Å². The molecule has 83 heavy (non-hydrogen) atoms. The number of carbonyl (C=O) groups is 2. The van der Waals surface area contributed by atoms with E-state index in [9.17, 15) is 19.0 Å². The Morgan fingerprint density at radius 2 is 0.542 bits per heavy atom. The van der Waals surface area contributed by atoms with Gasteiger partial charge in [-0.3, -0.25) is 18.6 Å². The van der Waals surface area contributed by atoms with Crippen molar-refractivity contribution in [2.45, 2.75) is 412 Å². The van der Waals surface area contributed by atoms with Gasteiger partial charge in [-0.25, -0.2) is 4.57 Å². The van der Waals surface area contributed by atoms with E-state index in [0.717, 1.165) is 38.5 Å². The molecular formula is C73H147NO8P+. The van der Waals surface area contributed by atoms with Gasteiger partial charge < -0.3 is 18.9 Å². The van der Waals surface area contributed by atoms with E-state index >= 15 is 0 Å². The number of carbonyl (C=O) groups excluding carboxylic acids is 2. The highest BCUT2D eigenvalue weighted by molar-refractivity contribution is 7.47. The normalized spacial score (nSPS) is 13.0. The molecule has 0 saturated heterocycles. The van der Waals surface area contributed by atoms with E-state index in [-0.39, 0.29) is 25.6 Å². The molecule has 0 aromatic carbocycles. The fraction of sp³-hybridized carbons (Fsp3) is 0.973. The highest BCUT2D eigenvalue weighted by Crippen LogP contribution is 2.43. The number of hydrogen-bond donors (Lipinski definition) is 1. The van der Waals surface area contributed by atoms with Gasteiger partial charge in [-0.15, -0.1) is 0 Å². The molecule has 0 radical (unpaired) electrons. The highest BCUT2D eigenvalue weighted by atomic mass is 31.2. The van der Waals surface area contributed by atoms with E-state index in [0.29, 0.717) is 17.4 Å². The summed E-state index contributed by atoms with van der Waals surface area (Å²) >= 11 is 0. The third kappa shape index (κ3) is 70.0. The van der Waals surface area contributed by atoms with Gasteiger partial charge in [0.05, 0.1) is 27.7 Å². The molecule has 2 unspecified atom stereocenters. The summed E-state index contributed by atoms with van der Waals surface area (Å²) < 4.78 is 34.8. The lowest BCUT2D eigenvalue weighted by Gasteiger charge is -2.24. The summed E-state index contributed by atoms with van der Waals surface area (Å²) in [4.78, 5) is 35.9. The van der Waals surface area contributed by atoms with Crippen LogP contribution in [0.2, 0.25) is 0 Å². The van der Waals surface area contributed by atoms with Crippen molar-refractivity contribution in [2.24, 2.45) is 0 Å². The highest BCUT2D eigenvalue weighted by Gasteiger charge is 2.27. The molecule has 0 aliphatic carbocycles. The van der Waals surface area contributed by atoms with Crippen molar-refractivity contribution in [1.82, 2.24) is 0 Å². The van der Waals surface area contributed by atoms with Gasteiger partial charge in [0.2, 0.25) is 0 Å². The molecule has 0 bridgehead atoms. The number of rotatable bonds is 71. The first kappa shape index (κ1) is 82.0. The number of unbranched alkanes of at least 4 members (excludes halogenated alkanes) is 57. The van der Waals surface area contributed by atoms with Crippen LogP contribution in [0, 0.1) is 0 Å². The van der Waals surface area contributed by atoms with E-state index in [1.165, 1.54) is 340 Å². The van der Waals surface area contributed by atoms with Crippen LogP contribution in [0.1, 0.15) is 406 Å². The molecule has 0 spiro atoms. The van der Waals surface area contributed by atoms with Crippen LogP contribution in [-0.4, -0.2) is 74.9 Å². The molecule has 0 aliphatic heterocycles. The first-order valence-corrected chi connectivity index (χ1v) is 38.8. The lowest BCUT2D eigenvalue weighted by atomic mass is 10.0. The number of ether oxygens (including phenoxy) is 2. The van der Waals surface area contributed by atoms with Crippen LogP contribution < -0.4 is 0 Å². The maximum atomic E-state index is 12.9. The van der Waals surface area contributed by atoms with Crippen LogP contribution in [0.3, 0.4) is 0 Å². The van der Waals surface area contributed by atoms with Crippen molar-refractivity contribution < 1.29 is 42.1 Å². The van der Waals surface area contributed by atoms with Crippen molar-refractivity contribution in [3.63, 3.8) is 0 Å². The lowest BCUT2D eigenvalue weighted by Crippen LogP contribution is -2.37. The third-order valence-electron chi connectivity index (χ3n) is 17.4. The lowest BCUT2D eigenvalue weighted by molar-refractivity contribution is -0.870. The summed E-state index contributed by atoms with van der Waals surface area (Å²) in [6.45, 7) is 4.54. The Hall–Kier alpha value is -0.990. The number of phosphoric ester groups is 1. The number of likely N-dealkylation sites (N-methyl/N-ethyl adjacent to an activating group) is 1. The molecule has 0 amide bonds. The van der Waals surface area contributed by atoms with Crippen LogP contribution in [-0.2, 0) is 32.7 Å². The molecular weight excluding hydrogens is 1050 g/mol. The number of hydrogen-bond acceptors (Lipinski definition) is 7. The van der Waals surface area contributed by atoms with E-state index in [2.05, 4.69) is 13.8 Å². The summed E-state index contributed by atoms with van der Waals surface area (Å²) in [7, 11) is 1.51. The maximum Gasteiger partial charge on any atom is 0.472 e. The van der Waals surface area contributed by atoms with Crippen LogP contribution >= 0.6 is 7.82 Å². The minimum atomic E-state index is -4.39. The Kier molecular flexibility index (Phi) is 64.7. The minimum absolute atomic E-state index is 0.0378. The van der Waals surface area contributed by atoms with Crippen molar-refractivity contribution in [1.29, 1.82) is 0 Å². The average molecular weight is 1200 g/mol. The summed E-state index contributed by atoms with van der Waals surface area (Å²) in [5.74, 6) is -0.766. The Bertz CT molecular complexity index is 1360. The van der Waals surface area contributed by atoms with Crippen molar-refractivity contribution in [2.75, 3.05) is 47.5 Å². The SMILES string of the molecule is CCCCCCCCCCCCCCCCCCCCCCCCCCCCCCCCCCC(=O)OC(COC(=O)CCCCCCCCCCCCCCCCCCCCCCCCCCCCC)COP(=O)(O)OCC[N+](C)(C)C. The largest absolute Gasteiger partial charge is 0.472 e. The molecule has 0 fully saturated rings. The zero-order chi connectivity index (χ0) is 60.5. The average Bonchev–Trinajstić information content (AvgIpc) is 3.49. The first-order valence-electron chi connectivity index (χ1n) is 37.3. The molecule has 0 aromatic heterocycles. The molecule has 0 heterocycles. The van der Waals surface area contributed by atoms with Gasteiger partial charge in [-0.1, -0.05) is 380 Å². The molecule has 0 rings (SSSR count). The van der Waals surface area contributed by atoms with Crippen molar-refractivity contribution in [3.05, 3.63) is 0 Å². The van der Waals surface area contributed by atoms with Gasteiger partial charge in [0.25, 0.3) is 0 Å². The van der Waals surface area contributed by atoms with Crippen molar-refractivity contribution in [3.8, 4) is 0 Å². The van der Waals surface area contributed by atoms with E-state index in [1.54, 1.807) is 0 Å². The number of quaternary nitrogens is 1. The summed E-state index contributed by atoms with van der Waals surface area (Å²) in [6, 6.07) is 0. The quantitative estimate of drug-likeness (QED) is 0.0278. The van der Waals surface area contributed by atoms with Gasteiger partial charge in [0.1, 0.15) is 19.8 Å². The predicted molar refractivity (Wildman–Crippen MR) is 358 cm³/mol. The van der Waals surface area contributed by atoms with E-state index in [1.807, 2.05) is 21.1 Å². The van der Waals surface area contributed by atoms with Crippen LogP contribution in [0.4, 0.5) is 0 Å². The van der Waals surface area contributed by atoms with Crippen LogP contribution in [0.15, 0.2) is 0 Å². The smallest absolute Gasteiger partial charge is 0.462 e. The van der Waals surface area contributed by atoms with Crippen LogP contribution in [0.5, 0.6) is 0 Å². The molecule has 9 nitrogen and oxygen atoms in total. The Morgan fingerprint density at radius 3 is 0.771 bits per heavy atom. The number of nitrogens with zero attached hydrogens (tertiary/aromatic N) is 1. The van der Waals surface area contributed by atoms with E-state index in [4.69, 9.17) is 18.5 Å². The Balaban J connectivity index is 3.93. The maximum absolute atomic E-state index is 12.9. The third-order valence-corrected chi connectivity index (χ3v) is 18.4. The fourth-order valence-electron chi connectivity index (χ4n) is 11.7. The molecule has 1 N–H and O–H groups in total. The number of phosphoric acid groups is 1. The van der Waals surface area contributed by atoms with Gasteiger partial charge in [-0.05, 0) is 12.8 Å². The monoisotopic (exact) mass is 1200 g/mol. The Labute approximate surface area is 518 Å². The van der Waals surface area contributed by atoms with Gasteiger partial charge in [0, 0.05) is 12.8 Å². The molecule has 10 heteroatoms. The van der Waals surface area contributed by atoms with Gasteiger partial charge >= 0.3 is 19.8 Å². The molecule has 0 aromatic rings. The van der Waals surface area contributed by atoms with E-state index < -0.39 is 26.5 Å².